The Labute approximate surface area is 131 Å². The minimum absolute atomic E-state index is 0.301. The van der Waals surface area contributed by atoms with Crippen molar-refractivity contribution in [3.05, 3.63) is 12.4 Å². The third-order valence-corrected chi connectivity index (χ3v) is 5.12. The average molecular weight is 306 g/mol. The SMILES string of the molecule is CC1CCN(c2cc(N3CCC(C)C(O)C3)ncn2)CC1O. The van der Waals surface area contributed by atoms with Crippen LogP contribution in [0.3, 0.4) is 0 Å². The number of anilines is 2. The van der Waals surface area contributed by atoms with E-state index in [0.717, 1.165) is 37.6 Å². The number of hydrogen-bond acceptors (Lipinski definition) is 6. The summed E-state index contributed by atoms with van der Waals surface area (Å²) in [7, 11) is 0. The molecule has 3 rings (SSSR count). The highest BCUT2D eigenvalue weighted by molar-refractivity contribution is 5.50. The van der Waals surface area contributed by atoms with Crippen LogP contribution in [0.5, 0.6) is 0 Å². The predicted molar refractivity (Wildman–Crippen MR) is 86.0 cm³/mol. The first-order chi connectivity index (χ1) is 10.5. The third kappa shape index (κ3) is 3.17. The van der Waals surface area contributed by atoms with Crippen molar-refractivity contribution in [1.29, 1.82) is 0 Å². The average Bonchev–Trinajstić information content (AvgIpc) is 2.53. The number of aliphatic hydroxyl groups excluding tert-OH is 2. The highest BCUT2D eigenvalue weighted by atomic mass is 16.3. The molecule has 6 nitrogen and oxygen atoms in total. The maximum Gasteiger partial charge on any atom is 0.134 e. The molecule has 0 radical (unpaired) electrons. The maximum atomic E-state index is 10.1. The number of rotatable bonds is 2. The van der Waals surface area contributed by atoms with E-state index in [2.05, 4.69) is 33.6 Å². The second-order valence-electron chi connectivity index (χ2n) is 6.79. The maximum absolute atomic E-state index is 10.1. The first-order valence-corrected chi connectivity index (χ1v) is 8.22. The van der Waals surface area contributed by atoms with Crippen molar-refractivity contribution in [2.24, 2.45) is 11.8 Å². The van der Waals surface area contributed by atoms with E-state index in [1.165, 1.54) is 0 Å². The Kier molecular flexibility index (Phi) is 4.49. The molecule has 2 aliphatic heterocycles. The molecule has 1 aromatic rings. The molecule has 2 aliphatic rings. The number of nitrogens with zero attached hydrogens (tertiary/aromatic N) is 4. The molecule has 4 unspecified atom stereocenters. The molecule has 122 valence electrons. The van der Waals surface area contributed by atoms with Crippen LogP contribution in [0, 0.1) is 11.8 Å². The summed E-state index contributed by atoms with van der Waals surface area (Å²) in [5.41, 5.74) is 0. The molecular weight excluding hydrogens is 280 g/mol. The van der Waals surface area contributed by atoms with Crippen LogP contribution in [-0.4, -0.2) is 58.6 Å². The topological polar surface area (TPSA) is 72.7 Å². The van der Waals surface area contributed by atoms with Gasteiger partial charge in [-0.05, 0) is 24.7 Å². The van der Waals surface area contributed by atoms with Gasteiger partial charge >= 0.3 is 0 Å². The zero-order chi connectivity index (χ0) is 15.7. The Morgan fingerprint density at radius 1 is 0.909 bits per heavy atom. The molecule has 1 aromatic heterocycles. The van der Waals surface area contributed by atoms with E-state index in [1.807, 2.05) is 6.07 Å². The van der Waals surface area contributed by atoms with Crippen LogP contribution in [0.25, 0.3) is 0 Å². The molecule has 6 heteroatoms. The molecule has 0 bridgehead atoms. The monoisotopic (exact) mass is 306 g/mol. The van der Waals surface area contributed by atoms with Crippen molar-refractivity contribution in [3.63, 3.8) is 0 Å². The Morgan fingerprint density at radius 3 is 1.77 bits per heavy atom. The van der Waals surface area contributed by atoms with Crippen molar-refractivity contribution in [1.82, 2.24) is 9.97 Å². The lowest BCUT2D eigenvalue weighted by atomic mass is 9.96. The molecule has 0 amide bonds. The van der Waals surface area contributed by atoms with Gasteiger partial charge in [0, 0.05) is 32.2 Å². The van der Waals surface area contributed by atoms with Gasteiger partial charge in [0.2, 0.25) is 0 Å². The van der Waals surface area contributed by atoms with Crippen LogP contribution < -0.4 is 9.80 Å². The number of hydrogen-bond donors (Lipinski definition) is 2. The van der Waals surface area contributed by atoms with Gasteiger partial charge in [-0.15, -0.1) is 0 Å². The molecule has 0 spiro atoms. The van der Waals surface area contributed by atoms with Gasteiger partial charge in [-0.1, -0.05) is 13.8 Å². The third-order valence-electron chi connectivity index (χ3n) is 5.12. The van der Waals surface area contributed by atoms with E-state index in [4.69, 9.17) is 0 Å². The van der Waals surface area contributed by atoms with Crippen molar-refractivity contribution in [2.75, 3.05) is 36.0 Å². The van der Waals surface area contributed by atoms with Crippen molar-refractivity contribution < 1.29 is 10.2 Å². The number of β-amino-alcohol motifs (C(OH)–C–C–N with tert-alkyl or cyclic N) is 2. The van der Waals surface area contributed by atoms with Crippen LogP contribution in [0.4, 0.5) is 11.6 Å². The van der Waals surface area contributed by atoms with E-state index in [0.29, 0.717) is 24.9 Å². The van der Waals surface area contributed by atoms with E-state index < -0.39 is 0 Å². The molecule has 0 aromatic carbocycles. The first-order valence-electron chi connectivity index (χ1n) is 8.22. The van der Waals surface area contributed by atoms with E-state index in [-0.39, 0.29) is 12.2 Å². The second-order valence-corrected chi connectivity index (χ2v) is 6.79. The summed E-state index contributed by atoms with van der Waals surface area (Å²) in [5.74, 6) is 2.42. The van der Waals surface area contributed by atoms with Gasteiger partial charge in [-0.25, -0.2) is 9.97 Å². The molecule has 0 saturated carbocycles. The van der Waals surface area contributed by atoms with Gasteiger partial charge < -0.3 is 20.0 Å². The zero-order valence-corrected chi connectivity index (χ0v) is 13.4. The number of aliphatic hydroxyl groups is 2. The minimum atomic E-state index is -0.301. The first kappa shape index (κ1) is 15.5. The molecule has 22 heavy (non-hydrogen) atoms. The van der Waals surface area contributed by atoms with Crippen molar-refractivity contribution >= 4 is 11.6 Å². The lowest BCUT2D eigenvalue weighted by Gasteiger charge is -2.37. The summed E-state index contributed by atoms with van der Waals surface area (Å²) in [4.78, 5) is 13.0. The lowest BCUT2D eigenvalue weighted by molar-refractivity contribution is 0.102. The Bertz CT molecular complexity index is 471. The van der Waals surface area contributed by atoms with Gasteiger partial charge in [0.05, 0.1) is 12.2 Å². The van der Waals surface area contributed by atoms with Crippen LogP contribution in [0.15, 0.2) is 12.4 Å². The molecule has 4 atom stereocenters. The summed E-state index contributed by atoms with van der Waals surface area (Å²) in [6.07, 6.45) is 2.93. The molecule has 0 aliphatic carbocycles. The van der Waals surface area contributed by atoms with E-state index in [9.17, 15) is 10.2 Å². The van der Waals surface area contributed by atoms with Crippen molar-refractivity contribution in [2.45, 2.75) is 38.9 Å². The lowest BCUT2D eigenvalue weighted by Crippen LogP contribution is -2.44. The standard InChI is InChI=1S/C16H26N4O2/c1-11-3-5-19(8-13(11)21)15-7-16(18-10-17-15)20-6-4-12(2)14(22)9-20/h7,10-14,21-22H,3-6,8-9H2,1-2H3. The molecular formula is C16H26N4O2. The van der Waals surface area contributed by atoms with Gasteiger partial charge in [0.25, 0.3) is 0 Å². The van der Waals surface area contributed by atoms with Gasteiger partial charge in [0.15, 0.2) is 0 Å². The van der Waals surface area contributed by atoms with E-state index in [1.54, 1.807) is 6.33 Å². The van der Waals surface area contributed by atoms with Crippen molar-refractivity contribution in [3.8, 4) is 0 Å². The van der Waals surface area contributed by atoms with Gasteiger partial charge in [-0.2, -0.15) is 0 Å². The summed E-state index contributed by atoms with van der Waals surface area (Å²) in [5, 5.41) is 20.1. The molecule has 3 heterocycles. The van der Waals surface area contributed by atoms with Crippen LogP contribution in [-0.2, 0) is 0 Å². The Balaban J connectivity index is 1.73. The summed E-state index contributed by atoms with van der Waals surface area (Å²) in [6, 6.07) is 1.98. The number of piperidine rings is 2. The minimum Gasteiger partial charge on any atom is -0.391 e. The Hall–Kier alpha value is -1.40. The second kappa shape index (κ2) is 6.38. The van der Waals surface area contributed by atoms with Crippen LogP contribution in [0.1, 0.15) is 26.7 Å². The fraction of sp³-hybridized carbons (Fsp3) is 0.750. The summed E-state index contributed by atoms with van der Waals surface area (Å²) in [6.45, 7) is 7.24. The van der Waals surface area contributed by atoms with E-state index >= 15 is 0 Å². The quantitative estimate of drug-likeness (QED) is 0.845. The molecule has 2 saturated heterocycles. The molecule has 2 N–H and O–H groups in total. The summed E-state index contributed by atoms with van der Waals surface area (Å²) >= 11 is 0. The zero-order valence-electron chi connectivity index (χ0n) is 13.4. The van der Waals surface area contributed by atoms with Crippen LogP contribution in [0.2, 0.25) is 0 Å². The molecule has 2 fully saturated rings. The highest BCUT2D eigenvalue weighted by Gasteiger charge is 2.27. The van der Waals surface area contributed by atoms with Gasteiger partial charge in [-0.3, -0.25) is 0 Å². The fourth-order valence-corrected chi connectivity index (χ4v) is 3.20. The Morgan fingerprint density at radius 2 is 1.36 bits per heavy atom. The van der Waals surface area contributed by atoms with Crippen LogP contribution >= 0.6 is 0 Å². The summed E-state index contributed by atoms with van der Waals surface area (Å²) < 4.78 is 0. The largest absolute Gasteiger partial charge is 0.391 e. The normalized spacial score (nSPS) is 33.1. The smallest absolute Gasteiger partial charge is 0.134 e. The number of aromatic nitrogens is 2. The highest BCUT2D eigenvalue weighted by Crippen LogP contribution is 2.26. The fourth-order valence-electron chi connectivity index (χ4n) is 3.20. The van der Waals surface area contributed by atoms with Gasteiger partial charge in [0.1, 0.15) is 18.0 Å². The predicted octanol–water partition coefficient (Wildman–Crippen LogP) is 0.891.